The molecule has 0 N–H and O–H groups in total. The highest BCUT2D eigenvalue weighted by Gasteiger charge is 2.32. The van der Waals surface area contributed by atoms with E-state index in [1.54, 1.807) is 25.1 Å². The van der Waals surface area contributed by atoms with Crippen molar-refractivity contribution in [2.24, 2.45) is 0 Å². The molecule has 0 spiro atoms. The fraction of sp³-hybridized carbons (Fsp3) is 0.158. The molecule has 2 heterocycles. The number of esters is 4. The summed E-state index contributed by atoms with van der Waals surface area (Å²) in [5.41, 5.74) is 1.57. The molecule has 8 nitrogen and oxygen atoms in total. The molecule has 9 heteroatoms. The first kappa shape index (κ1) is 19.7. The molecular formula is C19H14O8S. The average Bonchev–Trinajstić information content (AvgIpc) is 3.11. The molecular weight excluding hydrogens is 388 g/mol. The Labute approximate surface area is 164 Å². The summed E-state index contributed by atoms with van der Waals surface area (Å²) in [5, 5.41) is 0. The first-order valence-corrected chi connectivity index (χ1v) is 8.78. The molecule has 0 aliphatic carbocycles. The van der Waals surface area contributed by atoms with Crippen LogP contribution >= 0.6 is 12.3 Å². The third kappa shape index (κ3) is 4.28. The normalized spacial score (nSPS) is 19.0. The van der Waals surface area contributed by atoms with Crippen LogP contribution in [0.15, 0.2) is 53.6 Å². The summed E-state index contributed by atoms with van der Waals surface area (Å²) in [6.07, 6.45) is 6.19. The Balaban J connectivity index is 1.41. The Morgan fingerprint density at radius 3 is 2.43 bits per heavy atom. The number of rotatable bonds is 7. The van der Waals surface area contributed by atoms with Crippen molar-refractivity contribution in [1.82, 2.24) is 0 Å². The van der Waals surface area contributed by atoms with Crippen LogP contribution < -0.4 is 0 Å². The minimum absolute atomic E-state index is 0.159. The molecule has 2 aliphatic rings. The molecule has 1 aromatic rings. The first-order valence-electron chi connectivity index (χ1n) is 8.11. The molecule has 0 amide bonds. The zero-order valence-corrected chi connectivity index (χ0v) is 15.4. The second-order valence-corrected chi connectivity index (χ2v) is 6.17. The largest absolute Gasteiger partial charge is 0.386 e. The molecule has 0 bridgehead atoms. The molecule has 0 saturated carbocycles. The maximum absolute atomic E-state index is 11.5. The number of carbonyl (C=O) groups is 4. The van der Waals surface area contributed by atoms with E-state index in [1.165, 1.54) is 24.3 Å². The lowest BCUT2D eigenvalue weighted by Gasteiger charge is -2.02. The van der Waals surface area contributed by atoms with Crippen molar-refractivity contribution in [2.45, 2.75) is 13.5 Å². The lowest BCUT2D eigenvalue weighted by molar-refractivity contribution is -0.149. The Morgan fingerprint density at radius 2 is 1.64 bits per heavy atom. The second-order valence-electron chi connectivity index (χ2n) is 5.56. The number of allylic oxidation sites excluding steroid dienone is 3. The zero-order chi connectivity index (χ0) is 20.1. The quantitative estimate of drug-likeness (QED) is 0.224. The van der Waals surface area contributed by atoms with Gasteiger partial charge in [0.2, 0.25) is 0 Å². The third-order valence-electron chi connectivity index (χ3n) is 3.80. The molecule has 0 aromatic heterocycles. The van der Waals surface area contributed by atoms with Crippen molar-refractivity contribution in [3.05, 3.63) is 70.3 Å². The monoisotopic (exact) mass is 402 g/mol. The van der Waals surface area contributed by atoms with Gasteiger partial charge in [0.1, 0.15) is 0 Å². The van der Waals surface area contributed by atoms with Crippen LogP contribution in [0.1, 0.15) is 33.2 Å². The second kappa shape index (κ2) is 8.79. The van der Waals surface area contributed by atoms with Crippen LogP contribution in [-0.2, 0) is 34.0 Å². The van der Waals surface area contributed by atoms with Crippen molar-refractivity contribution in [1.29, 1.82) is 0 Å². The molecule has 3 rings (SSSR count). The van der Waals surface area contributed by atoms with Gasteiger partial charge in [-0.05, 0) is 30.7 Å². The van der Waals surface area contributed by atoms with Crippen LogP contribution in [0.4, 0.5) is 0 Å². The first-order chi connectivity index (χ1) is 13.5. The van der Waals surface area contributed by atoms with E-state index < -0.39 is 23.9 Å². The van der Waals surface area contributed by atoms with Crippen molar-refractivity contribution in [3.8, 4) is 0 Å². The van der Waals surface area contributed by atoms with E-state index in [-0.39, 0.29) is 35.5 Å². The predicted octanol–water partition coefficient (Wildman–Crippen LogP) is 2.61. The van der Waals surface area contributed by atoms with E-state index in [4.69, 9.17) is 8.37 Å². The number of fused-ring (bicyclic) bond motifs is 1. The Kier molecular flexibility index (Phi) is 6.19. The SMILES string of the molecule is C/C=C1/C(=O)OC(=O)/C1=C/C=C\COSOCc1ccc2c(c1)C(=O)OC2=O. The molecule has 1 aromatic carbocycles. The summed E-state index contributed by atoms with van der Waals surface area (Å²) in [7, 11) is 0. The van der Waals surface area contributed by atoms with Gasteiger partial charge < -0.3 is 9.47 Å². The smallest absolute Gasteiger partial charge is 0.346 e. The topological polar surface area (TPSA) is 105 Å². The van der Waals surface area contributed by atoms with E-state index >= 15 is 0 Å². The number of carbonyl (C=O) groups excluding carboxylic acids is 4. The lowest BCUT2D eigenvalue weighted by atomic mass is 10.1. The van der Waals surface area contributed by atoms with Gasteiger partial charge in [0.05, 0.1) is 35.5 Å². The van der Waals surface area contributed by atoms with Crippen LogP contribution in [0, 0.1) is 0 Å². The number of hydrogen-bond donors (Lipinski definition) is 0. The summed E-state index contributed by atoms with van der Waals surface area (Å²) in [5.74, 6) is -2.65. The van der Waals surface area contributed by atoms with Gasteiger partial charge in [0.15, 0.2) is 12.3 Å². The van der Waals surface area contributed by atoms with Gasteiger partial charge in [0, 0.05) is 0 Å². The van der Waals surface area contributed by atoms with E-state index in [2.05, 4.69) is 9.47 Å². The summed E-state index contributed by atoms with van der Waals surface area (Å²) in [4.78, 5) is 45.8. The number of cyclic esters (lactones) is 4. The van der Waals surface area contributed by atoms with Gasteiger partial charge >= 0.3 is 23.9 Å². The van der Waals surface area contributed by atoms with E-state index in [1.807, 2.05) is 0 Å². The number of hydrogen-bond acceptors (Lipinski definition) is 9. The molecule has 1 saturated heterocycles. The van der Waals surface area contributed by atoms with Crippen molar-refractivity contribution in [2.75, 3.05) is 6.61 Å². The van der Waals surface area contributed by atoms with Crippen molar-refractivity contribution >= 4 is 36.2 Å². The van der Waals surface area contributed by atoms with Crippen LogP contribution in [0.5, 0.6) is 0 Å². The summed E-state index contributed by atoms with van der Waals surface area (Å²) in [6, 6.07) is 4.71. The minimum atomic E-state index is -0.679. The highest BCUT2D eigenvalue weighted by atomic mass is 32.2. The van der Waals surface area contributed by atoms with Gasteiger partial charge in [-0.2, -0.15) is 0 Å². The molecule has 1 fully saturated rings. The molecule has 2 aliphatic heterocycles. The van der Waals surface area contributed by atoms with Crippen LogP contribution in [0.2, 0.25) is 0 Å². The fourth-order valence-electron chi connectivity index (χ4n) is 2.48. The maximum Gasteiger partial charge on any atom is 0.346 e. The number of ether oxygens (including phenoxy) is 2. The van der Waals surface area contributed by atoms with Crippen LogP contribution in [0.25, 0.3) is 0 Å². The molecule has 144 valence electrons. The van der Waals surface area contributed by atoms with Gasteiger partial charge in [-0.3, -0.25) is 8.37 Å². The van der Waals surface area contributed by atoms with Gasteiger partial charge in [-0.1, -0.05) is 24.3 Å². The van der Waals surface area contributed by atoms with Crippen LogP contribution in [0.3, 0.4) is 0 Å². The predicted molar refractivity (Wildman–Crippen MR) is 96.6 cm³/mol. The number of benzene rings is 1. The summed E-state index contributed by atoms with van der Waals surface area (Å²) < 4.78 is 19.5. The zero-order valence-electron chi connectivity index (χ0n) is 14.6. The maximum atomic E-state index is 11.5. The Hall–Kier alpha value is -3.01. The fourth-order valence-corrected chi connectivity index (χ4v) is 2.87. The van der Waals surface area contributed by atoms with Crippen LogP contribution in [-0.4, -0.2) is 30.5 Å². The average molecular weight is 402 g/mol. The molecule has 0 atom stereocenters. The van der Waals surface area contributed by atoms with Crippen molar-refractivity contribution in [3.63, 3.8) is 0 Å². The lowest BCUT2D eigenvalue weighted by Crippen LogP contribution is -1.97. The van der Waals surface area contributed by atoms with Gasteiger partial charge in [0.25, 0.3) is 0 Å². The van der Waals surface area contributed by atoms with E-state index in [9.17, 15) is 19.2 Å². The van der Waals surface area contributed by atoms with Crippen molar-refractivity contribution < 1.29 is 37.0 Å². The molecule has 28 heavy (non-hydrogen) atoms. The highest BCUT2D eigenvalue weighted by molar-refractivity contribution is 7.89. The van der Waals surface area contributed by atoms with Gasteiger partial charge in [-0.15, -0.1) is 0 Å². The van der Waals surface area contributed by atoms with E-state index in [0.29, 0.717) is 5.56 Å². The third-order valence-corrected chi connectivity index (χ3v) is 4.24. The minimum Gasteiger partial charge on any atom is -0.386 e. The Bertz CT molecular complexity index is 941. The molecule has 0 unspecified atom stereocenters. The Morgan fingerprint density at radius 1 is 0.929 bits per heavy atom. The standard InChI is InChI=1S/C19H14O8S/c1-2-12-13(17(21)26-16(12)20)5-3-4-8-24-28-25-10-11-6-7-14-15(9-11)19(23)27-18(14)22/h2-7,9H,8,10H2,1H3/b4-3-,12-2+,13-5+. The summed E-state index contributed by atoms with van der Waals surface area (Å²) >= 11 is 0.759. The summed E-state index contributed by atoms with van der Waals surface area (Å²) in [6.45, 7) is 1.99. The molecule has 0 radical (unpaired) electrons. The van der Waals surface area contributed by atoms with E-state index in [0.717, 1.165) is 12.3 Å². The van der Waals surface area contributed by atoms with Gasteiger partial charge in [-0.25, -0.2) is 19.2 Å². The highest BCUT2D eigenvalue weighted by Crippen LogP contribution is 2.23.